The predicted molar refractivity (Wildman–Crippen MR) is 87.0 cm³/mol. The first-order valence-electron chi connectivity index (χ1n) is 7.26. The molecule has 116 valence electrons. The molecule has 0 fully saturated rings. The molecular formula is C18H17N3O2. The lowest BCUT2D eigenvalue weighted by Crippen LogP contribution is -1.97. The van der Waals surface area contributed by atoms with Crippen molar-refractivity contribution >= 4 is 5.65 Å². The molecule has 0 aliphatic heterocycles. The number of aromatic nitrogens is 2. The molecule has 5 heteroatoms. The number of fused-ring (bicyclic) bond motifs is 1. The number of methoxy groups -OCH3 is 2. The van der Waals surface area contributed by atoms with E-state index in [0.717, 1.165) is 22.6 Å². The van der Waals surface area contributed by atoms with Crippen molar-refractivity contribution in [3.63, 3.8) is 0 Å². The van der Waals surface area contributed by atoms with Crippen LogP contribution in [0.5, 0.6) is 11.5 Å². The summed E-state index contributed by atoms with van der Waals surface area (Å²) in [6.07, 6.45) is 0.560. The van der Waals surface area contributed by atoms with Crippen LogP contribution in [0.3, 0.4) is 0 Å². The maximum absolute atomic E-state index is 9.54. The number of pyridine rings is 1. The average Bonchev–Trinajstić information content (AvgIpc) is 2.93. The van der Waals surface area contributed by atoms with Crippen molar-refractivity contribution in [2.45, 2.75) is 13.3 Å². The Balaban J connectivity index is 2.05. The van der Waals surface area contributed by atoms with Crippen LogP contribution in [0.4, 0.5) is 0 Å². The molecule has 0 atom stereocenters. The summed E-state index contributed by atoms with van der Waals surface area (Å²) in [5.74, 6) is 1.35. The van der Waals surface area contributed by atoms with Crippen molar-refractivity contribution in [2.75, 3.05) is 14.2 Å². The second-order valence-corrected chi connectivity index (χ2v) is 5.25. The van der Waals surface area contributed by atoms with Crippen LogP contribution in [-0.2, 0) is 6.42 Å². The monoisotopic (exact) mass is 307 g/mol. The zero-order valence-electron chi connectivity index (χ0n) is 13.3. The summed E-state index contributed by atoms with van der Waals surface area (Å²) in [6.45, 7) is 1.97. The van der Waals surface area contributed by atoms with Gasteiger partial charge in [-0.1, -0.05) is 12.1 Å². The summed E-state index contributed by atoms with van der Waals surface area (Å²) in [4.78, 5) is 4.61. The highest BCUT2D eigenvalue weighted by molar-refractivity contribution is 5.51. The molecule has 0 aliphatic rings. The van der Waals surface area contributed by atoms with Crippen molar-refractivity contribution in [1.29, 1.82) is 5.26 Å². The van der Waals surface area contributed by atoms with Gasteiger partial charge >= 0.3 is 0 Å². The minimum Gasteiger partial charge on any atom is -0.493 e. The number of aryl methyl sites for hydroxylation is 1. The molecule has 3 aromatic rings. The normalized spacial score (nSPS) is 10.5. The van der Waals surface area contributed by atoms with Gasteiger partial charge in [-0.25, -0.2) is 4.98 Å². The number of nitriles is 1. The third kappa shape index (κ3) is 2.59. The van der Waals surface area contributed by atoms with E-state index in [1.54, 1.807) is 14.2 Å². The van der Waals surface area contributed by atoms with Gasteiger partial charge in [-0.05, 0) is 36.8 Å². The van der Waals surface area contributed by atoms with Crippen molar-refractivity contribution in [3.8, 4) is 17.6 Å². The van der Waals surface area contributed by atoms with Crippen molar-refractivity contribution in [2.24, 2.45) is 0 Å². The second kappa shape index (κ2) is 6.01. The van der Waals surface area contributed by atoms with E-state index in [2.05, 4.69) is 11.1 Å². The van der Waals surface area contributed by atoms with E-state index >= 15 is 0 Å². The lowest BCUT2D eigenvalue weighted by molar-refractivity contribution is 0.354. The van der Waals surface area contributed by atoms with Gasteiger partial charge in [-0.2, -0.15) is 5.26 Å². The van der Waals surface area contributed by atoms with Crippen LogP contribution in [0.15, 0.2) is 36.4 Å². The Labute approximate surface area is 134 Å². The Morgan fingerprint density at radius 3 is 2.61 bits per heavy atom. The van der Waals surface area contributed by atoms with Gasteiger partial charge in [0.1, 0.15) is 17.4 Å². The molecule has 1 aromatic carbocycles. The zero-order valence-corrected chi connectivity index (χ0v) is 13.3. The number of hydrogen-bond donors (Lipinski definition) is 0. The van der Waals surface area contributed by atoms with Crippen LogP contribution in [-0.4, -0.2) is 23.6 Å². The zero-order chi connectivity index (χ0) is 16.4. The smallest absolute Gasteiger partial charge is 0.160 e. The molecule has 0 spiro atoms. The van der Waals surface area contributed by atoms with Crippen LogP contribution < -0.4 is 9.47 Å². The van der Waals surface area contributed by atoms with Gasteiger partial charge in [-0.3, -0.25) is 4.40 Å². The first kappa shape index (κ1) is 14.9. The summed E-state index contributed by atoms with van der Waals surface area (Å²) < 4.78 is 12.5. The van der Waals surface area contributed by atoms with Crippen LogP contribution in [0, 0.1) is 18.3 Å². The van der Waals surface area contributed by atoms with E-state index in [9.17, 15) is 5.26 Å². The molecule has 2 heterocycles. The van der Waals surface area contributed by atoms with Gasteiger partial charge in [0.05, 0.1) is 19.9 Å². The topological polar surface area (TPSA) is 59.5 Å². The fraction of sp³-hybridized carbons (Fsp3) is 0.222. The first-order chi connectivity index (χ1) is 11.2. The molecule has 0 saturated heterocycles. The molecule has 0 N–H and O–H groups in total. The quantitative estimate of drug-likeness (QED) is 0.743. The van der Waals surface area contributed by atoms with Gasteiger partial charge in [0.25, 0.3) is 0 Å². The Morgan fingerprint density at radius 2 is 1.91 bits per heavy atom. The predicted octanol–water partition coefficient (Wildman–Crippen LogP) is 3.12. The van der Waals surface area contributed by atoms with E-state index in [0.29, 0.717) is 23.6 Å². The van der Waals surface area contributed by atoms with E-state index in [1.165, 1.54) is 0 Å². The third-order valence-corrected chi connectivity index (χ3v) is 3.84. The highest BCUT2D eigenvalue weighted by Crippen LogP contribution is 2.29. The van der Waals surface area contributed by atoms with Gasteiger partial charge in [0.2, 0.25) is 0 Å². The number of ether oxygens (including phenoxy) is 2. The molecule has 0 unspecified atom stereocenters. The molecule has 2 aromatic heterocycles. The summed E-state index contributed by atoms with van der Waals surface area (Å²) in [5.41, 5.74) is 4.13. The average molecular weight is 307 g/mol. The lowest BCUT2D eigenvalue weighted by atomic mass is 10.1. The maximum Gasteiger partial charge on any atom is 0.160 e. The van der Waals surface area contributed by atoms with Gasteiger partial charge in [0.15, 0.2) is 11.5 Å². The number of benzene rings is 1. The van der Waals surface area contributed by atoms with Crippen LogP contribution in [0.1, 0.15) is 22.6 Å². The largest absolute Gasteiger partial charge is 0.493 e. The maximum atomic E-state index is 9.54. The molecule has 5 nitrogen and oxygen atoms in total. The van der Waals surface area contributed by atoms with Crippen LogP contribution in [0.25, 0.3) is 5.65 Å². The second-order valence-electron chi connectivity index (χ2n) is 5.25. The molecule has 0 radical (unpaired) electrons. The fourth-order valence-corrected chi connectivity index (χ4v) is 2.72. The van der Waals surface area contributed by atoms with Crippen LogP contribution >= 0.6 is 0 Å². The number of imidazole rings is 1. The minimum atomic E-state index is 0.560. The molecule has 0 bridgehead atoms. The van der Waals surface area contributed by atoms with Crippen molar-refractivity contribution < 1.29 is 9.47 Å². The number of hydrogen-bond acceptors (Lipinski definition) is 4. The standard InChI is InChI=1S/C18H17N3O2/c1-12-5-4-6-18-20-14(15(11-19)21(12)18)9-13-7-8-16(22-2)17(10-13)23-3/h4-8,10H,9H2,1-3H3. The fourth-order valence-electron chi connectivity index (χ4n) is 2.72. The molecule has 0 saturated carbocycles. The Morgan fingerprint density at radius 1 is 1.13 bits per heavy atom. The number of nitrogens with zero attached hydrogens (tertiary/aromatic N) is 3. The molecular weight excluding hydrogens is 290 g/mol. The SMILES string of the molecule is COc1ccc(Cc2nc3cccc(C)n3c2C#N)cc1OC. The summed E-state index contributed by atoms with van der Waals surface area (Å²) in [7, 11) is 3.22. The molecule has 23 heavy (non-hydrogen) atoms. The van der Waals surface area contributed by atoms with E-state index in [-0.39, 0.29) is 0 Å². The Kier molecular flexibility index (Phi) is 3.90. The van der Waals surface area contributed by atoms with E-state index in [1.807, 2.05) is 47.7 Å². The summed E-state index contributed by atoms with van der Waals surface area (Å²) in [5, 5.41) is 9.54. The lowest BCUT2D eigenvalue weighted by Gasteiger charge is -2.09. The van der Waals surface area contributed by atoms with E-state index < -0.39 is 0 Å². The van der Waals surface area contributed by atoms with Gasteiger partial charge < -0.3 is 9.47 Å². The van der Waals surface area contributed by atoms with Crippen LogP contribution in [0.2, 0.25) is 0 Å². The molecule has 0 amide bonds. The summed E-state index contributed by atoms with van der Waals surface area (Å²) in [6, 6.07) is 13.8. The summed E-state index contributed by atoms with van der Waals surface area (Å²) >= 11 is 0. The molecule has 0 aliphatic carbocycles. The van der Waals surface area contributed by atoms with Gasteiger partial charge in [-0.15, -0.1) is 0 Å². The third-order valence-electron chi connectivity index (χ3n) is 3.84. The minimum absolute atomic E-state index is 0.560. The van der Waals surface area contributed by atoms with Gasteiger partial charge in [0, 0.05) is 12.1 Å². The molecule has 3 rings (SSSR count). The highest BCUT2D eigenvalue weighted by Gasteiger charge is 2.14. The van der Waals surface area contributed by atoms with Crippen molar-refractivity contribution in [3.05, 3.63) is 59.0 Å². The first-order valence-corrected chi connectivity index (χ1v) is 7.26. The highest BCUT2D eigenvalue weighted by atomic mass is 16.5. The Hall–Kier alpha value is -3.00. The van der Waals surface area contributed by atoms with E-state index in [4.69, 9.17) is 9.47 Å². The number of rotatable bonds is 4. The Bertz CT molecular complexity index is 907. The van der Waals surface area contributed by atoms with Crippen molar-refractivity contribution in [1.82, 2.24) is 9.38 Å².